The van der Waals surface area contributed by atoms with Gasteiger partial charge in [-0.2, -0.15) is 0 Å². The summed E-state index contributed by atoms with van der Waals surface area (Å²) in [5.41, 5.74) is 1.35. The Balaban J connectivity index is 1.47. The number of β-amino-alcohol motifs (C(OH)–C–C–N with tert-alkyl or cyclic N) is 1. The van der Waals surface area contributed by atoms with Gasteiger partial charge in [-0.3, -0.25) is 9.69 Å². The molecule has 0 unspecified atom stereocenters. The zero-order chi connectivity index (χ0) is 24.2. The van der Waals surface area contributed by atoms with Crippen molar-refractivity contribution in [3.8, 4) is 0 Å². The Morgan fingerprint density at radius 2 is 2.06 bits per heavy atom. The van der Waals surface area contributed by atoms with Gasteiger partial charge in [0.25, 0.3) is 5.91 Å². The molecule has 1 aliphatic rings. The number of carbonyl (C=O) groups is 1. The highest BCUT2D eigenvalue weighted by Gasteiger charge is 2.19. The van der Waals surface area contributed by atoms with E-state index in [1.165, 1.54) is 0 Å². The molecule has 1 saturated heterocycles. The van der Waals surface area contributed by atoms with Gasteiger partial charge in [-0.15, -0.1) is 0 Å². The van der Waals surface area contributed by atoms with Gasteiger partial charge in [0.2, 0.25) is 0 Å². The van der Waals surface area contributed by atoms with Crippen LogP contribution in [0.4, 0.5) is 22.5 Å². The van der Waals surface area contributed by atoms with E-state index in [0.717, 1.165) is 48.9 Å². The van der Waals surface area contributed by atoms with E-state index in [4.69, 9.17) is 18.1 Å². The second-order valence-corrected chi connectivity index (χ2v) is 9.09. The van der Waals surface area contributed by atoms with E-state index in [0.29, 0.717) is 34.0 Å². The summed E-state index contributed by atoms with van der Waals surface area (Å²) in [6.45, 7) is 7.81. The highest BCUT2D eigenvalue weighted by Crippen LogP contribution is 2.28. The summed E-state index contributed by atoms with van der Waals surface area (Å²) in [6, 6.07) is 7.20. The highest BCUT2D eigenvalue weighted by molar-refractivity contribution is 7.17. The summed E-state index contributed by atoms with van der Waals surface area (Å²) in [5.74, 6) is 1.51. The lowest BCUT2D eigenvalue weighted by Gasteiger charge is -2.35. The number of rotatable bonds is 7. The summed E-state index contributed by atoms with van der Waals surface area (Å²) in [5, 5.41) is 15.9. The molecule has 3 aromatic rings. The molecular formula is C22H26ClN7O2S. The van der Waals surface area contributed by atoms with Crippen molar-refractivity contribution in [3.05, 3.63) is 51.7 Å². The van der Waals surface area contributed by atoms with Gasteiger partial charge in [0, 0.05) is 38.8 Å². The fourth-order valence-electron chi connectivity index (χ4n) is 3.58. The highest BCUT2D eigenvalue weighted by atomic mass is 35.5. The first-order chi connectivity index (χ1) is 16.3. The molecule has 0 radical (unpaired) electrons. The number of anilines is 4. The molecule has 4 rings (SSSR count). The average Bonchev–Trinajstić information content (AvgIpc) is 3.16. The van der Waals surface area contributed by atoms with Crippen molar-refractivity contribution >= 4 is 51.3 Å². The summed E-state index contributed by atoms with van der Waals surface area (Å²) < 4.78 is 8.16. The minimum Gasteiger partial charge on any atom is -0.395 e. The Labute approximate surface area is 202 Å². The monoisotopic (exact) mass is 488 g/mol. The normalized spacial score (nSPS) is 14.8. The van der Waals surface area contributed by atoms with Gasteiger partial charge in [-0.1, -0.05) is 35.1 Å². The molecule has 1 aromatic carbocycles. The third-order valence-electron chi connectivity index (χ3n) is 5.30. The van der Waals surface area contributed by atoms with Crippen molar-refractivity contribution in [2.24, 2.45) is 0 Å². The molecule has 0 spiro atoms. The molecule has 11 heteroatoms. The molecule has 1 aliphatic heterocycles. The zero-order valence-electron chi connectivity index (χ0n) is 19.4. The SMILES string of the molecule is [2H]c1nc(Nc2cc(N3CCN(CCO)CC3)nc(C)n2)sc1C(=O)Nc1c(C)cccc1Cl. The minimum absolute atomic E-state index is 0.124. The summed E-state index contributed by atoms with van der Waals surface area (Å²) in [4.78, 5) is 30.5. The van der Waals surface area contributed by atoms with Crippen LogP contribution in [0.5, 0.6) is 0 Å². The predicted molar refractivity (Wildman–Crippen MR) is 132 cm³/mol. The molecule has 0 bridgehead atoms. The molecule has 33 heavy (non-hydrogen) atoms. The van der Waals surface area contributed by atoms with Crippen molar-refractivity contribution in [2.45, 2.75) is 13.8 Å². The van der Waals surface area contributed by atoms with E-state index in [2.05, 4.69) is 35.4 Å². The summed E-state index contributed by atoms with van der Waals surface area (Å²) in [7, 11) is 0. The van der Waals surface area contributed by atoms with E-state index >= 15 is 0 Å². The molecule has 0 saturated carbocycles. The Morgan fingerprint density at radius 3 is 2.79 bits per heavy atom. The molecule has 9 nitrogen and oxygen atoms in total. The van der Waals surface area contributed by atoms with E-state index in [1.807, 2.05) is 32.0 Å². The fraction of sp³-hybridized carbons (Fsp3) is 0.364. The number of amides is 1. The lowest BCUT2D eigenvalue weighted by Crippen LogP contribution is -2.47. The number of hydrogen-bond donors (Lipinski definition) is 3. The minimum atomic E-state index is -0.438. The Hall–Kier alpha value is -2.79. The number of carbonyl (C=O) groups excluding carboxylic acids is 1. The van der Waals surface area contributed by atoms with Crippen molar-refractivity contribution in [1.29, 1.82) is 0 Å². The number of aromatic nitrogens is 3. The number of nitrogens with one attached hydrogen (secondary N) is 2. The molecule has 0 atom stereocenters. The summed E-state index contributed by atoms with van der Waals surface area (Å²) >= 11 is 7.29. The number of benzene rings is 1. The van der Waals surface area contributed by atoms with Crippen molar-refractivity contribution < 1.29 is 11.3 Å². The number of hydrogen-bond acceptors (Lipinski definition) is 9. The van der Waals surface area contributed by atoms with Crippen LogP contribution >= 0.6 is 22.9 Å². The first-order valence-corrected chi connectivity index (χ1v) is 11.8. The fourth-order valence-corrected chi connectivity index (χ4v) is 4.53. The van der Waals surface area contributed by atoms with Crippen LogP contribution in [0, 0.1) is 13.8 Å². The van der Waals surface area contributed by atoms with Gasteiger partial charge in [0.1, 0.15) is 22.3 Å². The van der Waals surface area contributed by atoms with Crippen LogP contribution in [0.15, 0.2) is 30.4 Å². The number of aryl methyl sites for hydroxylation is 2. The summed E-state index contributed by atoms with van der Waals surface area (Å²) in [6.07, 6.45) is -0.124. The quantitative estimate of drug-likeness (QED) is 0.465. The number of halogens is 1. The second-order valence-electron chi connectivity index (χ2n) is 7.68. The molecule has 174 valence electrons. The maximum atomic E-state index is 12.8. The van der Waals surface area contributed by atoms with Crippen LogP contribution < -0.4 is 15.5 Å². The van der Waals surface area contributed by atoms with Crippen LogP contribution in [0.2, 0.25) is 5.02 Å². The number of aliphatic hydroxyl groups excluding tert-OH is 1. The van der Waals surface area contributed by atoms with Crippen molar-refractivity contribution in [1.82, 2.24) is 19.9 Å². The molecule has 0 aliphatic carbocycles. The maximum Gasteiger partial charge on any atom is 0.267 e. The van der Waals surface area contributed by atoms with Crippen LogP contribution in [-0.4, -0.2) is 70.2 Å². The zero-order valence-corrected chi connectivity index (χ0v) is 20.0. The topological polar surface area (TPSA) is 107 Å². The maximum absolute atomic E-state index is 12.8. The van der Waals surface area contributed by atoms with Crippen LogP contribution in [0.25, 0.3) is 0 Å². The molecular weight excluding hydrogens is 462 g/mol. The van der Waals surface area contributed by atoms with Gasteiger partial charge < -0.3 is 20.6 Å². The molecule has 3 N–H and O–H groups in total. The van der Waals surface area contributed by atoms with E-state index in [1.54, 1.807) is 6.07 Å². The third kappa shape index (κ3) is 5.77. The standard InChI is InChI=1S/C22H26ClN7O2S/c1-14-4-3-5-16(23)20(14)28-21(32)17-13-24-22(33-17)27-18-12-19(26-15(2)25-18)30-8-6-29(7-9-30)10-11-31/h3-5,12-13,31H,6-11H2,1-2H3,(H,28,32)(H,24,25,26,27)/i13D. The Kier molecular flexibility index (Phi) is 6.96. The molecule has 2 aromatic heterocycles. The Bertz CT molecular complexity index is 1160. The van der Waals surface area contributed by atoms with E-state index in [9.17, 15) is 4.79 Å². The van der Waals surface area contributed by atoms with Gasteiger partial charge in [-0.25, -0.2) is 15.0 Å². The van der Waals surface area contributed by atoms with Gasteiger partial charge >= 0.3 is 0 Å². The van der Waals surface area contributed by atoms with Crippen LogP contribution in [-0.2, 0) is 0 Å². The molecule has 1 fully saturated rings. The predicted octanol–water partition coefficient (Wildman–Crippen LogP) is 3.31. The number of aliphatic hydroxyl groups is 1. The first-order valence-electron chi connectivity index (χ1n) is 11.1. The van der Waals surface area contributed by atoms with Gasteiger partial charge in [0.05, 0.1) is 24.9 Å². The van der Waals surface area contributed by atoms with Gasteiger partial charge in [0.15, 0.2) is 5.13 Å². The van der Waals surface area contributed by atoms with E-state index < -0.39 is 5.91 Å². The van der Waals surface area contributed by atoms with Gasteiger partial charge in [-0.05, 0) is 25.5 Å². The number of nitrogens with zero attached hydrogens (tertiary/aromatic N) is 5. The number of para-hydroxylation sites is 1. The van der Waals surface area contributed by atoms with Crippen LogP contribution in [0.3, 0.4) is 0 Å². The first kappa shape index (κ1) is 22.0. The second kappa shape index (κ2) is 10.4. The van der Waals surface area contributed by atoms with E-state index in [-0.39, 0.29) is 17.7 Å². The lowest BCUT2D eigenvalue weighted by molar-refractivity contribution is 0.103. The Morgan fingerprint density at radius 1 is 1.27 bits per heavy atom. The third-order valence-corrected chi connectivity index (χ3v) is 6.48. The van der Waals surface area contributed by atoms with Crippen molar-refractivity contribution in [3.63, 3.8) is 0 Å². The smallest absolute Gasteiger partial charge is 0.267 e. The lowest BCUT2D eigenvalue weighted by atomic mass is 10.2. The number of piperazine rings is 1. The number of thiazole rings is 1. The molecule has 3 heterocycles. The molecule has 1 amide bonds. The largest absolute Gasteiger partial charge is 0.395 e. The van der Waals surface area contributed by atoms with Crippen molar-refractivity contribution in [2.75, 3.05) is 54.9 Å². The van der Waals surface area contributed by atoms with Crippen LogP contribution in [0.1, 0.15) is 22.4 Å². The average molecular weight is 489 g/mol.